The lowest BCUT2D eigenvalue weighted by Gasteiger charge is -2.07. The quantitative estimate of drug-likeness (QED) is 0.526. The van der Waals surface area contributed by atoms with Crippen LogP contribution in [0.25, 0.3) is 20.3 Å². The van der Waals surface area contributed by atoms with Crippen molar-refractivity contribution in [2.24, 2.45) is 0 Å². The lowest BCUT2D eigenvalue weighted by Crippen LogP contribution is -1.94. The largest absolute Gasteiger partial charge is 0.340 e. The number of nitrogens with zero attached hydrogens (tertiary/aromatic N) is 2. The zero-order valence-corrected chi connectivity index (χ0v) is 13.3. The summed E-state index contributed by atoms with van der Waals surface area (Å²) in [6.07, 6.45) is 1.61. The number of thiophene rings is 1. The number of hydrogen-bond donors (Lipinski definition) is 1. The molecular weight excluding hydrogens is 346 g/mol. The summed E-state index contributed by atoms with van der Waals surface area (Å²) < 4.78 is 2.26. The topological polar surface area (TPSA) is 37.8 Å². The van der Waals surface area contributed by atoms with Crippen LogP contribution < -0.4 is 5.32 Å². The molecule has 0 saturated heterocycles. The van der Waals surface area contributed by atoms with Crippen molar-refractivity contribution in [2.45, 2.75) is 0 Å². The van der Waals surface area contributed by atoms with Crippen LogP contribution in [-0.2, 0) is 0 Å². The Bertz CT molecular complexity index is 948. The molecule has 3 nitrogen and oxygen atoms in total. The second-order valence-electron chi connectivity index (χ2n) is 4.64. The van der Waals surface area contributed by atoms with Gasteiger partial charge in [0.2, 0.25) is 0 Å². The average molecular weight is 356 g/mol. The Labute approximate surface area is 133 Å². The van der Waals surface area contributed by atoms with E-state index in [1.54, 1.807) is 17.7 Å². The molecule has 4 rings (SSSR count). The van der Waals surface area contributed by atoms with E-state index in [1.165, 1.54) is 10.1 Å². The second-order valence-corrected chi connectivity index (χ2v) is 6.58. The number of benzene rings is 2. The molecule has 0 bridgehead atoms. The molecule has 0 saturated carbocycles. The van der Waals surface area contributed by atoms with Crippen LogP contribution in [0.15, 0.2) is 59.3 Å². The standard InChI is InChI=1S/C16H10BrN3S/c17-10-4-3-5-11(8-10)20-15-14-12-6-1-2-7-13(12)21-16(14)19-9-18-15/h1-9H,(H,18,19,20). The van der Waals surface area contributed by atoms with Crippen molar-refractivity contribution in [3.8, 4) is 0 Å². The molecule has 0 radical (unpaired) electrons. The first-order chi connectivity index (χ1) is 10.3. The van der Waals surface area contributed by atoms with Gasteiger partial charge >= 0.3 is 0 Å². The van der Waals surface area contributed by atoms with Crippen molar-refractivity contribution >= 4 is 59.1 Å². The van der Waals surface area contributed by atoms with Crippen molar-refractivity contribution in [3.05, 3.63) is 59.3 Å². The smallest absolute Gasteiger partial charge is 0.143 e. The first kappa shape index (κ1) is 12.7. The maximum absolute atomic E-state index is 4.42. The molecule has 0 atom stereocenters. The van der Waals surface area contributed by atoms with Gasteiger partial charge in [-0.2, -0.15) is 0 Å². The van der Waals surface area contributed by atoms with Gasteiger partial charge in [-0.3, -0.25) is 0 Å². The van der Waals surface area contributed by atoms with Crippen LogP contribution in [0, 0.1) is 0 Å². The molecule has 0 aliphatic rings. The zero-order chi connectivity index (χ0) is 14.2. The summed E-state index contributed by atoms with van der Waals surface area (Å²) in [5.74, 6) is 0.843. The third-order valence-electron chi connectivity index (χ3n) is 3.26. The van der Waals surface area contributed by atoms with Crippen LogP contribution >= 0.6 is 27.3 Å². The minimum absolute atomic E-state index is 0.843. The monoisotopic (exact) mass is 355 g/mol. The minimum Gasteiger partial charge on any atom is -0.340 e. The van der Waals surface area contributed by atoms with Gasteiger partial charge in [0.25, 0.3) is 0 Å². The number of aromatic nitrogens is 2. The molecule has 0 aliphatic heterocycles. The van der Waals surface area contributed by atoms with Gasteiger partial charge < -0.3 is 5.32 Å². The highest BCUT2D eigenvalue weighted by atomic mass is 79.9. The van der Waals surface area contributed by atoms with E-state index in [-0.39, 0.29) is 0 Å². The summed E-state index contributed by atoms with van der Waals surface area (Å²) in [6.45, 7) is 0. The minimum atomic E-state index is 0.843. The fourth-order valence-corrected chi connectivity index (χ4v) is 3.80. The Kier molecular flexibility index (Phi) is 3.09. The van der Waals surface area contributed by atoms with Crippen LogP contribution in [-0.4, -0.2) is 9.97 Å². The van der Waals surface area contributed by atoms with Gasteiger partial charge in [-0.15, -0.1) is 11.3 Å². The summed E-state index contributed by atoms with van der Waals surface area (Å²) >= 11 is 5.18. The van der Waals surface area contributed by atoms with E-state index < -0.39 is 0 Å². The Balaban J connectivity index is 1.92. The Hall–Kier alpha value is -1.98. The fraction of sp³-hybridized carbons (Fsp3) is 0. The van der Waals surface area contributed by atoms with Gasteiger partial charge in [-0.05, 0) is 24.3 Å². The predicted molar refractivity (Wildman–Crippen MR) is 92.3 cm³/mol. The van der Waals surface area contributed by atoms with E-state index in [0.29, 0.717) is 0 Å². The molecular formula is C16H10BrN3S. The lowest BCUT2D eigenvalue weighted by molar-refractivity contribution is 1.23. The predicted octanol–water partition coefficient (Wildman–Crippen LogP) is 5.35. The molecule has 1 N–H and O–H groups in total. The highest BCUT2D eigenvalue weighted by Crippen LogP contribution is 2.36. The Morgan fingerprint density at radius 3 is 2.81 bits per heavy atom. The number of anilines is 2. The van der Waals surface area contributed by atoms with Crippen molar-refractivity contribution < 1.29 is 0 Å². The number of rotatable bonds is 2. The van der Waals surface area contributed by atoms with Gasteiger partial charge in [0, 0.05) is 20.2 Å². The molecule has 2 aromatic carbocycles. The molecule has 2 aromatic heterocycles. The Morgan fingerprint density at radius 1 is 1.00 bits per heavy atom. The van der Waals surface area contributed by atoms with Crippen LogP contribution in [0.3, 0.4) is 0 Å². The fourth-order valence-electron chi connectivity index (χ4n) is 2.35. The third-order valence-corrected chi connectivity index (χ3v) is 4.83. The summed E-state index contributed by atoms with van der Waals surface area (Å²) in [4.78, 5) is 9.82. The Morgan fingerprint density at radius 2 is 1.90 bits per heavy atom. The first-order valence-electron chi connectivity index (χ1n) is 6.46. The number of hydrogen-bond acceptors (Lipinski definition) is 4. The number of halogens is 1. The summed E-state index contributed by atoms with van der Waals surface area (Å²) in [5.41, 5.74) is 1.000. The molecule has 5 heteroatoms. The van der Waals surface area contributed by atoms with Crippen molar-refractivity contribution in [2.75, 3.05) is 5.32 Å². The molecule has 102 valence electrons. The normalized spacial score (nSPS) is 11.1. The number of fused-ring (bicyclic) bond motifs is 3. The average Bonchev–Trinajstić information content (AvgIpc) is 2.87. The molecule has 4 aromatic rings. The summed E-state index contributed by atoms with van der Waals surface area (Å²) in [6, 6.07) is 16.4. The van der Waals surface area contributed by atoms with E-state index >= 15 is 0 Å². The van der Waals surface area contributed by atoms with Crippen molar-refractivity contribution in [1.29, 1.82) is 0 Å². The zero-order valence-electron chi connectivity index (χ0n) is 10.9. The highest BCUT2D eigenvalue weighted by molar-refractivity contribution is 9.10. The van der Waals surface area contributed by atoms with Crippen LogP contribution in [0.1, 0.15) is 0 Å². The first-order valence-corrected chi connectivity index (χ1v) is 8.07. The molecule has 0 fully saturated rings. The maximum Gasteiger partial charge on any atom is 0.143 e. The molecule has 0 amide bonds. The van der Waals surface area contributed by atoms with E-state index in [0.717, 1.165) is 26.2 Å². The molecule has 21 heavy (non-hydrogen) atoms. The maximum atomic E-state index is 4.42. The number of nitrogens with one attached hydrogen (secondary N) is 1. The molecule has 0 unspecified atom stereocenters. The van der Waals surface area contributed by atoms with Gasteiger partial charge in [0.05, 0.1) is 5.39 Å². The van der Waals surface area contributed by atoms with Gasteiger partial charge in [-0.25, -0.2) is 9.97 Å². The lowest BCUT2D eigenvalue weighted by atomic mass is 10.2. The van der Waals surface area contributed by atoms with Crippen molar-refractivity contribution in [3.63, 3.8) is 0 Å². The summed E-state index contributed by atoms with van der Waals surface area (Å²) in [7, 11) is 0. The molecule has 0 spiro atoms. The summed E-state index contributed by atoms with van der Waals surface area (Å²) in [5, 5.41) is 5.66. The van der Waals surface area contributed by atoms with Crippen molar-refractivity contribution in [1.82, 2.24) is 9.97 Å². The SMILES string of the molecule is Brc1cccc(Nc2ncnc3sc4ccccc4c23)c1. The highest BCUT2D eigenvalue weighted by Gasteiger charge is 2.11. The van der Waals surface area contributed by atoms with Gasteiger partial charge in [-0.1, -0.05) is 40.2 Å². The van der Waals surface area contributed by atoms with Gasteiger partial charge in [0.1, 0.15) is 17.0 Å². The van der Waals surface area contributed by atoms with E-state index in [9.17, 15) is 0 Å². The van der Waals surface area contributed by atoms with Gasteiger partial charge in [0.15, 0.2) is 0 Å². The second kappa shape index (κ2) is 5.09. The van der Waals surface area contributed by atoms with Crippen LogP contribution in [0.4, 0.5) is 11.5 Å². The molecule has 0 aliphatic carbocycles. The van der Waals surface area contributed by atoms with Crippen LogP contribution in [0.2, 0.25) is 0 Å². The third kappa shape index (κ3) is 2.28. The van der Waals surface area contributed by atoms with E-state index in [2.05, 4.69) is 43.3 Å². The van der Waals surface area contributed by atoms with E-state index in [4.69, 9.17) is 0 Å². The molecule has 2 heterocycles. The van der Waals surface area contributed by atoms with E-state index in [1.807, 2.05) is 36.4 Å². The van der Waals surface area contributed by atoms with Crippen LogP contribution in [0.5, 0.6) is 0 Å².